The summed E-state index contributed by atoms with van der Waals surface area (Å²) in [5.74, 6) is -0.193. The summed E-state index contributed by atoms with van der Waals surface area (Å²) in [6.45, 7) is 0. The van der Waals surface area contributed by atoms with Crippen molar-refractivity contribution in [1.29, 1.82) is 0 Å². The molecule has 0 heterocycles. The van der Waals surface area contributed by atoms with Crippen LogP contribution >= 0.6 is 31.9 Å². The molecule has 0 fully saturated rings. The van der Waals surface area contributed by atoms with Gasteiger partial charge in [-0.1, -0.05) is 40.2 Å². The Labute approximate surface area is 218 Å². The van der Waals surface area contributed by atoms with Crippen LogP contribution in [-0.4, -0.2) is 37.4 Å². The quantitative estimate of drug-likeness (QED) is 0.194. The molecule has 3 rings (SSSR count). The van der Waals surface area contributed by atoms with Gasteiger partial charge in [-0.05, 0) is 64.0 Å². The summed E-state index contributed by atoms with van der Waals surface area (Å²) < 4.78 is 11.7. The largest absolute Gasteiger partial charge is 0.506 e. The summed E-state index contributed by atoms with van der Waals surface area (Å²) in [5.41, 5.74) is 3.65. The Kier molecular flexibility index (Phi) is 9.04. The zero-order valence-corrected chi connectivity index (χ0v) is 21.9. The molecule has 3 aromatic carbocycles. The molecule has 0 saturated carbocycles. The minimum absolute atomic E-state index is 0.0373. The van der Waals surface area contributed by atoms with Crippen LogP contribution in [-0.2, 0) is 4.79 Å². The zero-order valence-electron chi connectivity index (χ0n) is 18.7. The van der Waals surface area contributed by atoms with Crippen molar-refractivity contribution in [1.82, 2.24) is 10.7 Å². The second kappa shape index (κ2) is 12.2. The van der Waals surface area contributed by atoms with E-state index in [1.165, 1.54) is 26.5 Å². The number of amides is 2. The smallest absolute Gasteiger partial charge is 0.287 e. The summed E-state index contributed by atoms with van der Waals surface area (Å²) in [4.78, 5) is 25.7. The summed E-state index contributed by atoms with van der Waals surface area (Å²) in [5, 5.41) is 16.7. The molecule has 0 aliphatic heterocycles. The van der Waals surface area contributed by atoms with Gasteiger partial charge in [-0.3, -0.25) is 9.59 Å². The monoisotopic (exact) mass is 601 g/mol. The minimum atomic E-state index is -0.672. The van der Waals surface area contributed by atoms with Crippen LogP contribution in [0.2, 0.25) is 0 Å². The lowest BCUT2D eigenvalue weighted by atomic mass is 10.1. The Balaban J connectivity index is 1.89. The predicted octanol–water partition coefficient (Wildman–Crippen LogP) is 4.86. The lowest BCUT2D eigenvalue weighted by molar-refractivity contribution is -0.117. The molecule has 180 valence electrons. The van der Waals surface area contributed by atoms with Crippen molar-refractivity contribution in [3.05, 3.63) is 92.0 Å². The van der Waals surface area contributed by atoms with Crippen molar-refractivity contribution in [3.63, 3.8) is 0 Å². The number of phenols is 1. The number of halogens is 2. The number of nitrogens with one attached hydrogen (secondary N) is 2. The molecule has 10 heteroatoms. The van der Waals surface area contributed by atoms with E-state index in [-0.39, 0.29) is 11.4 Å². The highest BCUT2D eigenvalue weighted by atomic mass is 79.9. The highest BCUT2D eigenvalue weighted by molar-refractivity contribution is 9.11. The van der Waals surface area contributed by atoms with Crippen molar-refractivity contribution in [2.75, 3.05) is 14.2 Å². The predicted molar refractivity (Wildman–Crippen MR) is 141 cm³/mol. The SMILES string of the molecule is COc1ccc(/C=C(/NC(=O)c2ccccc2)C(=O)N/N=C\c2cc(Br)cc(Br)c2O)cc1OC. The third kappa shape index (κ3) is 6.93. The topological polar surface area (TPSA) is 109 Å². The fourth-order valence-corrected chi connectivity index (χ4v) is 4.21. The Hall–Kier alpha value is -3.63. The molecule has 0 spiro atoms. The highest BCUT2D eigenvalue weighted by Gasteiger charge is 2.15. The number of hydrogen-bond acceptors (Lipinski definition) is 6. The number of benzene rings is 3. The molecular formula is C25H21Br2N3O5. The Morgan fingerprint density at radius 3 is 2.37 bits per heavy atom. The van der Waals surface area contributed by atoms with Crippen molar-refractivity contribution >= 4 is 56.0 Å². The molecule has 0 aliphatic carbocycles. The number of ether oxygens (including phenoxy) is 2. The van der Waals surface area contributed by atoms with E-state index < -0.39 is 11.8 Å². The van der Waals surface area contributed by atoms with E-state index >= 15 is 0 Å². The standard InChI is InChI=1S/C25H21Br2N3O5/c1-34-21-9-8-15(11-22(21)35-2)10-20(29-24(32)16-6-4-3-5-7-16)25(33)30-28-14-17-12-18(26)13-19(27)23(17)31/h3-14,31H,1-2H3,(H,29,32)(H,30,33)/b20-10+,28-14-. The van der Waals surface area contributed by atoms with Crippen LogP contribution in [0.3, 0.4) is 0 Å². The maximum Gasteiger partial charge on any atom is 0.287 e. The van der Waals surface area contributed by atoms with Crippen molar-refractivity contribution < 1.29 is 24.2 Å². The number of carbonyl (C=O) groups is 2. The van der Waals surface area contributed by atoms with Gasteiger partial charge in [-0.25, -0.2) is 5.43 Å². The first kappa shape index (κ1) is 26.0. The maximum atomic E-state index is 13.0. The van der Waals surface area contributed by atoms with Gasteiger partial charge in [0.05, 0.1) is 24.9 Å². The van der Waals surface area contributed by atoms with Crippen LogP contribution < -0.4 is 20.2 Å². The summed E-state index contributed by atoms with van der Waals surface area (Å²) in [7, 11) is 3.02. The lowest BCUT2D eigenvalue weighted by Crippen LogP contribution is -2.32. The van der Waals surface area contributed by atoms with Gasteiger partial charge >= 0.3 is 0 Å². The van der Waals surface area contributed by atoms with Crippen LogP contribution in [0.25, 0.3) is 6.08 Å². The van der Waals surface area contributed by atoms with E-state index in [4.69, 9.17) is 9.47 Å². The number of hydrazone groups is 1. The molecular weight excluding hydrogens is 582 g/mol. The average Bonchev–Trinajstić information content (AvgIpc) is 2.86. The van der Waals surface area contributed by atoms with Gasteiger partial charge in [0.2, 0.25) is 0 Å². The average molecular weight is 603 g/mol. The molecule has 0 saturated heterocycles. The third-order valence-electron chi connectivity index (χ3n) is 4.67. The number of methoxy groups -OCH3 is 2. The molecule has 2 amide bonds. The molecule has 35 heavy (non-hydrogen) atoms. The van der Waals surface area contributed by atoms with E-state index in [1.54, 1.807) is 60.7 Å². The molecule has 0 bridgehead atoms. The van der Waals surface area contributed by atoms with Gasteiger partial charge in [-0.15, -0.1) is 0 Å². The molecule has 0 unspecified atom stereocenters. The highest BCUT2D eigenvalue weighted by Crippen LogP contribution is 2.31. The van der Waals surface area contributed by atoms with Crippen LogP contribution in [0.5, 0.6) is 17.2 Å². The minimum Gasteiger partial charge on any atom is -0.506 e. The van der Waals surface area contributed by atoms with Gasteiger partial charge in [0, 0.05) is 15.6 Å². The second-order valence-electron chi connectivity index (χ2n) is 7.02. The van der Waals surface area contributed by atoms with Gasteiger partial charge in [0.1, 0.15) is 11.4 Å². The molecule has 3 aromatic rings. The summed E-state index contributed by atoms with van der Waals surface area (Å²) >= 11 is 6.58. The number of nitrogens with zero attached hydrogens (tertiary/aromatic N) is 1. The molecule has 0 atom stereocenters. The van der Waals surface area contributed by atoms with Crippen LogP contribution in [0, 0.1) is 0 Å². The molecule has 8 nitrogen and oxygen atoms in total. The Morgan fingerprint density at radius 2 is 1.69 bits per heavy atom. The van der Waals surface area contributed by atoms with Gasteiger partial charge in [-0.2, -0.15) is 5.10 Å². The summed E-state index contributed by atoms with van der Waals surface area (Å²) in [6.07, 6.45) is 2.77. The van der Waals surface area contributed by atoms with E-state index in [0.717, 1.165) is 0 Å². The van der Waals surface area contributed by atoms with E-state index in [1.807, 2.05) is 0 Å². The van der Waals surface area contributed by atoms with Crippen LogP contribution in [0.4, 0.5) is 0 Å². The molecule has 0 radical (unpaired) electrons. The number of carbonyl (C=O) groups excluding carboxylic acids is 2. The normalized spacial score (nSPS) is 11.3. The molecule has 0 aromatic heterocycles. The second-order valence-corrected chi connectivity index (χ2v) is 8.79. The Bertz CT molecular complexity index is 1290. The van der Waals surface area contributed by atoms with E-state index in [2.05, 4.69) is 47.7 Å². The molecule has 0 aliphatic rings. The number of rotatable bonds is 8. The van der Waals surface area contributed by atoms with E-state index in [9.17, 15) is 14.7 Å². The number of aromatic hydroxyl groups is 1. The first-order valence-corrected chi connectivity index (χ1v) is 11.7. The van der Waals surface area contributed by atoms with Crippen molar-refractivity contribution in [3.8, 4) is 17.2 Å². The number of phenolic OH excluding ortho intramolecular Hbond substituents is 1. The van der Waals surface area contributed by atoms with Gasteiger partial charge < -0.3 is 19.9 Å². The van der Waals surface area contributed by atoms with Gasteiger partial charge in [0.15, 0.2) is 11.5 Å². The van der Waals surface area contributed by atoms with Crippen LogP contribution in [0.1, 0.15) is 21.5 Å². The lowest BCUT2D eigenvalue weighted by Gasteiger charge is -2.11. The van der Waals surface area contributed by atoms with Crippen molar-refractivity contribution in [2.24, 2.45) is 5.10 Å². The molecule has 3 N–H and O–H groups in total. The van der Waals surface area contributed by atoms with Gasteiger partial charge in [0.25, 0.3) is 11.8 Å². The first-order chi connectivity index (χ1) is 16.8. The van der Waals surface area contributed by atoms with E-state index in [0.29, 0.717) is 37.1 Å². The fraction of sp³-hybridized carbons (Fsp3) is 0.0800. The summed E-state index contributed by atoms with van der Waals surface area (Å²) in [6, 6.07) is 16.9. The maximum absolute atomic E-state index is 13.0. The number of hydrogen-bond donors (Lipinski definition) is 3. The third-order valence-corrected chi connectivity index (χ3v) is 5.74. The zero-order chi connectivity index (χ0) is 25.4. The first-order valence-electron chi connectivity index (χ1n) is 10.1. The Morgan fingerprint density at radius 1 is 0.971 bits per heavy atom. The van der Waals surface area contributed by atoms with Crippen molar-refractivity contribution in [2.45, 2.75) is 0 Å². The van der Waals surface area contributed by atoms with Crippen LogP contribution in [0.15, 0.2) is 80.4 Å². The fourth-order valence-electron chi connectivity index (χ4n) is 2.96.